The van der Waals surface area contributed by atoms with E-state index in [0.29, 0.717) is 29.8 Å². The maximum atomic E-state index is 13.0. The first-order chi connectivity index (χ1) is 18.2. The molecule has 196 valence electrons. The van der Waals surface area contributed by atoms with Gasteiger partial charge in [-0.25, -0.2) is 9.78 Å². The van der Waals surface area contributed by atoms with Gasteiger partial charge in [0.05, 0.1) is 0 Å². The summed E-state index contributed by atoms with van der Waals surface area (Å²) < 4.78 is 0. The summed E-state index contributed by atoms with van der Waals surface area (Å²) in [4.78, 5) is 57.3. The number of aromatic nitrogens is 1. The Balaban J connectivity index is 1.35. The zero-order chi connectivity index (χ0) is 27.1. The summed E-state index contributed by atoms with van der Waals surface area (Å²) >= 11 is 2.28. The average molecular weight is 557 g/mol. The number of β-lactam (4-membered cyclic amide) rings is 1. The maximum absolute atomic E-state index is 13.0. The van der Waals surface area contributed by atoms with Gasteiger partial charge in [0.25, 0.3) is 17.7 Å². The highest BCUT2D eigenvalue weighted by Crippen LogP contribution is 2.41. The highest BCUT2D eigenvalue weighted by atomic mass is 32.2. The number of nitrogen functional groups attached to an aromatic ring is 1. The number of fused-ring (bicyclic) bond motifs is 1. The maximum Gasteiger partial charge on any atom is 0.352 e. The second kappa shape index (κ2) is 9.83. The molecule has 2 saturated heterocycles. The van der Waals surface area contributed by atoms with Gasteiger partial charge in [-0.15, -0.1) is 23.1 Å². The molecule has 38 heavy (non-hydrogen) atoms. The molecule has 2 aromatic rings. The summed E-state index contributed by atoms with van der Waals surface area (Å²) in [7, 11) is 0. The van der Waals surface area contributed by atoms with Gasteiger partial charge in [0.15, 0.2) is 10.8 Å². The number of carbonyl (C=O) groups excluding carboxylic acids is 3. The summed E-state index contributed by atoms with van der Waals surface area (Å²) in [5.41, 5.74) is 6.23. The first-order valence-corrected chi connectivity index (χ1v) is 13.1. The van der Waals surface area contributed by atoms with E-state index in [1.165, 1.54) is 40.3 Å². The number of nitrogens with two attached hydrogens (primary N) is 1. The summed E-state index contributed by atoms with van der Waals surface area (Å²) in [6, 6.07) is 5.12. The minimum absolute atomic E-state index is 0.0371. The third-order valence-corrected chi connectivity index (χ3v) is 8.18. The van der Waals surface area contributed by atoms with Crippen LogP contribution < -0.4 is 16.0 Å². The van der Waals surface area contributed by atoms with Crippen LogP contribution in [0.25, 0.3) is 0 Å². The lowest BCUT2D eigenvalue weighted by Crippen LogP contribution is -2.71. The largest absolute Gasteiger partial charge is 0.508 e. The van der Waals surface area contributed by atoms with Crippen LogP contribution in [-0.4, -0.2) is 78.4 Å². The van der Waals surface area contributed by atoms with Crippen LogP contribution in [0.4, 0.5) is 10.8 Å². The molecule has 0 saturated carbocycles. The highest BCUT2D eigenvalue weighted by Gasteiger charge is 2.54. The number of thiazole rings is 1. The molecule has 1 aromatic heterocycles. The number of oxime groups is 1. The normalized spacial score (nSPS) is 22.5. The van der Waals surface area contributed by atoms with E-state index in [-0.39, 0.29) is 33.9 Å². The molecule has 0 spiro atoms. The Morgan fingerprint density at radius 1 is 1.24 bits per heavy atom. The van der Waals surface area contributed by atoms with Crippen LogP contribution in [-0.2, 0) is 19.2 Å². The quantitative estimate of drug-likeness (QED) is 0.111. The Labute approximate surface area is 222 Å². The number of anilines is 2. The van der Waals surface area contributed by atoms with Gasteiger partial charge in [-0.2, -0.15) is 0 Å². The van der Waals surface area contributed by atoms with Crippen molar-refractivity contribution in [1.82, 2.24) is 15.2 Å². The van der Waals surface area contributed by atoms with E-state index in [1.807, 2.05) is 0 Å². The lowest BCUT2D eigenvalue weighted by atomic mass is 10.0. The number of aromatic hydroxyl groups is 1. The number of amides is 3. The second-order valence-electron chi connectivity index (χ2n) is 8.45. The van der Waals surface area contributed by atoms with Gasteiger partial charge in [-0.3, -0.25) is 19.3 Å². The average Bonchev–Trinajstić information content (AvgIpc) is 3.48. The molecule has 3 aliphatic heterocycles. The summed E-state index contributed by atoms with van der Waals surface area (Å²) in [5, 5.41) is 35.0. The molecule has 0 radical (unpaired) electrons. The van der Waals surface area contributed by atoms with E-state index in [1.54, 1.807) is 12.1 Å². The van der Waals surface area contributed by atoms with Crippen LogP contribution in [0.1, 0.15) is 12.1 Å². The number of allylic oxidation sites excluding steroid dienone is 1. The Bertz CT molecular complexity index is 1450. The van der Waals surface area contributed by atoms with Gasteiger partial charge in [-0.1, -0.05) is 5.16 Å². The van der Waals surface area contributed by atoms with Crippen molar-refractivity contribution in [2.75, 3.05) is 22.9 Å². The topological polar surface area (TPSA) is 199 Å². The number of nitrogens with one attached hydrogen (secondary N) is 1. The lowest BCUT2D eigenvalue weighted by Gasteiger charge is -2.49. The molecule has 3 amide bonds. The zero-order valence-electron chi connectivity index (χ0n) is 19.4. The molecule has 5 rings (SSSR count). The number of carbonyl (C=O) groups is 4. The number of aliphatic carboxylic acids is 1. The molecule has 2 atom stereocenters. The summed E-state index contributed by atoms with van der Waals surface area (Å²) in [6.07, 6.45) is 1.89. The fourth-order valence-electron chi connectivity index (χ4n) is 4.41. The van der Waals surface area contributed by atoms with E-state index < -0.39 is 34.9 Å². The van der Waals surface area contributed by atoms with Crippen LogP contribution >= 0.6 is 23.1 Å². The van der Waals surface area contributed by atoms with Gasteiger partial charge in [-0.05, 0) is 42.3 Å². The molecule has 0 unspecified atom stereocenters. The minimum Gasteiger partial charge on any atom is -0.508 e. The Kier molecular flexibility index (Phi) is 6.54. The van der Waals surface area contributed by atoms with Gasteiger partial charge < -0.3 is 31.4 Å². The molecule has 3 aliphatic rings. The van der Waals surface area contributed by atoms with Crippen molar-refractivity contribution >= 4 is 63.3 Å². The number of hydrogen-bond donors (Lipinski definition) is 5. The van der Waals surface area contributed by atoms with Crippen LogP contribution in [0.5, 0.6) is 5.75 Å². The van der Waals surface area contributed by atoms with Crippen molar-refractivity contribution in [3.8, 4) is 5.75 Å². The zero-order valence-corrected chi connectivity index (χ0v) is 21.0. The van der Waals surface area contributed by atoms with Crippen LogP contribution in [0.3, 0.4) is 0 Å². The Morgan fingerprint density at radius 3 is 2.61 bits per heavy atom. The number of benzene rings is 1. The minimum atomic E-state index is -1.34. The molecule has 1 aromatic carbocycles. The van der Waals surface area contributed by atoms with Crippen molar-refractivity contribution in [2.45, 2.75) is 17.8 Å². The van der Waals surface area contributed by atoms with Crippen molar-refractivity contribution in [3.63, 3.8) is 0 Å². The lowest BCUT2D eigenvalue weighted by molar-refractivity contribution is -0.150. The number of carboxylic acids is 1. The third kappa shape index (κ3) is 4.35. The molecule has 4 heterocycles. The van der Waals surface area contributed by atoms with Crippen LogP contribution in [0.2, 0.25) is 0 Å². The number of carboxylic acid groups (broad SMARTS) is 1. The highest BCUT2D eigenvalue weighted by molar-refractivity contribution is 8.00. The van der Waals surface area contributed by atoms with Crippen molar-refractivity contribution in [1.29, 1.82) is 0 Å². The molecule has 6 N–H and O–H groups in total. The first kappa shape index (κ1) is 25.3. The molecular weight excluding hydrogens is 536 g/mol. The van der Waals surface area contributed by atoms with Gasteiger partial charge in [0.2, 0.25) is 0 Å². The van der Waals surface area contributed by atoms with E-state index in [2.05, 4.69) is 15.5 Å². The predicted octanol–water partition coefficient (Wildman–Crippen LogP) is 0.711. The first-order valence-electron chi connectivity index (χ1n) is 11.2. The molecule has 15 heteroatoms. The molecule has 13 nitrogen and oxygen atoms in total. The Hall–Kier alpha value is -4.37. The standard InChI is InChI=1S/C23H20N6O7S2/c24-23-25-14(9-38-23)15(27-36)18(31)26-16-20(33)29-17(22(34)35)11(8-37-21(16)29)7-10-5-6-28(19(10)32)12-1-3-13(30)4-2-12/h1-4,7,9,16,21,30,36H,5-6,8H2,(H2,24,25)(H,26,31)(H,34,35)/t16-,21-/m1/s1. The Morgan fingerprint density at radius 2 is 1.97 bits per heavy atom. The summed E-state index contributed by atoms with van der Waals surface area (Å²) in [5.74, 6) is -2.89. The number of phenolic OH excluding ortho intramolecular Hbond substituents is 1. The van der Waals surface area contributed by atoms with Crippen molar-refractivity contribution in [2.24, 2.45) is 5.16 Å². The molecular formula is C23H20N6O7S2. The van der Waals surface area contributed by atoms with Gasteiger partial charge >= 0.3 is 5.97 Å². The number of thioether (sulfide) groups is 1. The van der Waals surface area contributed by atoms with Crippen LogP contribution in [0.15, 0.2) is 57.7 Å². The van der Waals surface area contributed by atoms with E-state index >= 15 is 0 Å². The fraction of sp³-hybridized carbons (Fsp3) is 0.217. The van der Waals surface area contributed by atoms with Crippen LogP contribution in [0, 0.1) is 0 Å². The van der Waals surface area contributed by atoms with E-state index in [0.717, 1.165) is 16.2 Å². The molecule has 0 bridgehead atoms. The van der Waals surface area contributed by atoms with Crippen molar-refractivity contribution in [3.05, 3.63) is 58.3 Å². The smallest absolute Gasteiger partial charge is 0.352 e. The van der Waals surface area contributed by atoms with E-state index in [4.69, 9.17) is 5.73 Å². The van der Waals surface area contributed by atoms with Gasteiger partial charge in [0.1, 0.15) is 28.6 Å². The number of rotatable bonds is 6. The second-order valence-corrected chi connectivity index (χ2v) is 10.4. The number of nitrogens with zero attached hydrogens (tertiary/aromatic N) is 4. The fourth-order valence-corrected chi connectivity index (χ4v) is 6.26. The number of phenols is 1. The predicted molar refractivity (Wildman–Crippen MR) is 138 cm³/mol. The van der Waals surface area contributed by atoms with E-state index in [9.17, 15) is 34.6 Å². The number of hydrogen-bond acceptors (Lipinski definition) is 11. The van der Waals surface area contributed by atoms with Crippen molar-refractivity contribution < 1.29 is 34.6 Å². The third-order valence-electron chi connectivity index (χ3n) is 6.20. The monoisotopic (exact) mass is 556 g/mol. The summed E-state index contributed by atoms with van der Waals surface area (Å²) in [6.45, 7) is 0.386. The SMILES string of the molecule is Nc1nc(C(=NO)C(=O)N[C@@H]2C(=O)N3C(C(=O)O)=C(C=C4CCN(c5ccc(O)cc5)C4=O)CS[C@H]23)cs1. The van der Waals surface area contributed by atoms with Gasteiger partial charge in [0, 0.05) is 28.9 Å². The molecule has 2 fully saturated rings. The molecule has 0 aliphatic carbocycles.